The molecule has 3 rings (SSSR count). The molecule has 122 valence electrons. The molecule has 2 aromatic carbocycles. The molecular formula is C17H12ClNO5. The molecule has 7 heteroatoms. The van der Waals surface area contributed by atoms with Crippen LogP contribution in [0.4, 0.5) is 0 Å². The Morgan fingerprint density at radius 3 is 2.54 bits per heavy atom. The van der Waals surface area contributed by atoms with Crippen molar-refractivity contribution >= 4 is 28.5 Å². The number of carbonyl (C=O) groups is 1. The molecule has 0 aliphatic rings. The van der Waals surface area contributed by atoms with E-state index in [0.717, 1.165) is 4.57 Å². The summed E-state index contributed by atoms with van der Waals surface area (Å²) in [5.74, 6) is -1.31. The third-order valence-electron chi connectivity index (χ3n) is 3.39. The lowest BCUT2D eigenvalue weighted by Crippen LogP contribution is -2.30. The molecule has 0 atom stereocenters. The molecule has 6 nitrogen and oxygen atoms in total. The summed E-state index contributed by atoms with van der Waals surface area (Å²) >= 11 is 5.84. The molecule has 0 aliphatic carbocycles. The van der Waals surface area contributed by atoms with Gasteiger partial charge in [-0.15, -0.1) is 0 Å². The van der Waals surface area contributed by atoms with Gasteiger partial charge < -0.3 is 9.15 Å². The fourth-order valence-corrected chi connectivity index (χ4v) is 2.45. The SMILES string of the molecule is CCOC(=O)c1ccc(-n2c(=O)oc3cc(Cl)ccc3c2=O)cc1. The summed E-state index contributed by atoms with van der Waals surface area (Å²) in [5, 5.41) is 0.593. The number of carbonyl (C=O) groups excluding carboxylic acids is 1. The molecule has 1 heterocycles. The van der Waals surface area contributed by atoms with Gasteiger partial charge in [0.25, 0.3) is 5.56 Å². The van der Waals surface area contributed by atoms with Gasteiger partial charge in [0.05, 0.1) is 23.2 Å². The topological polar surface area (TPSA) is 78.5 Å². The minimum absolute atomic E-state index is 0.122. The number of benzene rings is 2. The number of hydrogen-bond acceptors (Lipinski definition) is 5. The van der Waals surface area contributed by atoms with Gasteiger partial charge in [0.15, 0.2) is 0 Å². The molecule has 0 unspecified atom stereocenters. The van der Waals surface area contributed by atoms with Gasteiger partial charge in [-0.3, -0.25) is 4.79 Å². The van der Waals surface area contributed by atoms with Crippen LogP contribution < -0.4 is 11.3 Å². The van der Waals surface area contributed by atoms with E-state index in [9.17, 15) is 14.4 Å². The molecule has 0 aliphatic heterocycles. The second-order valence-electron chi connectivity index (χ2n) is 4.92. The van der Waals surface area contributed by atoms with Crippen LogP contribution >= 0.6 is 11.6 Å². The molecule has 3 aromatic rings. The largest absolute Gasteiger partial charge is 0.462 e. The van der Waals surface area contributed by atoms with Crippen LogP contribution in [0.2, 0.25) is 5.02 Å². The predicted octanol–water partition coefficient (Wildman–Crippen LogP) is 2.77. The number of halogens is 1. The Morgan fingerprint density at radius 1 is 1.17 bits per heavy atom. The molecule has 0 amide bonds. The van der Waals surface area contributed by atoms with Gasteiger partial charge in [0.1, 0.15) is 5.58 Å². The summed E-state index contributed by atoms with van der Waals surface area (Å²) in [6, 6.07) is 10.4. The van der Waals surface area contributed by atoms with E-state index in [-0.39, 0.29) is 17.6 Å². The highest BCUT2D eigenvalue weighted by molar-refractivity contribution is 6.31. The zero-order valence-electron chi connectivity index (χ0n) is 12.6. The van der Waals surface area contributed by atoms with Crippen LogP contribution in [0.25, 0.3) is 16.7 Å². The van der Waals surface area contributed by atoms with E-state index in [0.29, 0.717) is 16.3 Å². The third-order valence-corrected chi connectivity index (χ3v) is 3.63. The van der Waals surface area contributed by atoms with E-state index in [1.54, 1.807) is 13.0 Å². The van der Waals surface area contributed by atoms with Crippen LogP contribution in [0.3, 0.4) is 0 Å². The van der Waals surface area contributed by atoms with E-state index >= 15 is 0 Å². The number of ether oxygens (including phenoxy) is 1. The average Bonchev–Trinajstić information content (AvgIpc) is 2.55. The number of rotatable bonds is 3. The first-order valence-corrected chi connectivity index (χ1v) is 7.52. The van der Waals surface area contributed by atoms with Gasteiger partial charge in [-0.1, -0.05) is 11.6 Å². The van der Waals surface area contributed by atoms with Crippen molar-refractivity contribution in [2.45, 2.75) is 6.92 Å². The van der Waals surface area contributed by atoms with Crippen molar-refractivity contribution in [1.82, 2.24) is 4.57 Å². The first-order chi connectivity index (χ1) is 11.5. The second kappa shape index (κ2) is 6.33. The highest BCUT2D eigenvalue weighted by Crippen LogP contribution is 2.16. The molecule has 0 bridgehead atoms. The maximum atomic E-state index is 12.6. The van der Waals surface area contributed by atoms with Crippen molar-refractivity contribution in [2.75, 3.05) is 6.61 Å². The molecule has 0 spiro atoms. The van der Waals surface area contributed by atoms with E-state index in [1.165, 1.54) is 36.4 Å². The Labute approximate surface area is 140 Å². The van der Waals surface area contributed by atoms with Crippen molar-refractivity contribution in [1.29, 1.82) is 0 Å². The van der Waals surface area contributed by atoms with Crippen molar-refractivity contribution in [3.8, 4) is 5.69 Å². The van der Waals surface area contributed by atoms with Gasteiger partial charge in [-0.25, -0.2) is 14.2 Å². The lowest BCUT2D eigenvalue weighted by atomic mass is 10.2. The molecule has 0 radical (unpaired) electrons. The zero-order valence-corrected chi connectivity index (χ0v) is 13.4. The lowest BCUT2D eigenvalue weighted by Gasteiger charge is -2.07. The van der Waals surface area contributed by atoms with Gasteiger partial charge in [0, 0.05) is 11.1 Å². The fourth-order valence-electron chi connectivity index (χ4n) is 2.28. The van der Waals surface area contributed by atoms with Crippen molar-refractivity contribution < 1.29 is 13.9 Å². The van der Waals surface area contributed by atoms with Crippen LogP contribution in [0.5, 0.6) is 0 Å². The molecule has 0 fully saturated rings. The molecular weight excluding hydrogens is 334 g/mol. The second-order valence-corrected chi connectivity index (χ2v) is 5.35. The number of fused-ring (bicyclic) bond motifs is 1. The summed E-state index contributed by atoms with van der Waals surface area (Å²) in [4.78, 5) is 36.3. The van der Waals surface area contributed by atoms with Gasteiger partial charge >= 0.3 is 11.7 Å². The first kappa shape index (κ1) is 16.0. The third kappa shape index (κ3) is 2.83. The summed E-state index contributed by atoms with van der Waals surface area (Å²) < 4.78 is 10.9. The summed E-state index contributed by atoms with van der Waals surface area (Å²) in [6.45, 7) is 1.97. The van der Waals surface area contributed by atoms with Crippen molar-refractivity contribution in [3.05, 3.63) is 74.0 Å². The van der Waals surface area contributed by atoms with E-state index in [1.807, 2.05) is 0 Å². The maximum Gasteiger partial charge on any atom is 0.426 e. The Bertz CT molecular complexity index is 1030. The standard InChI is InChI=1S/C17H12ClNO5/c1-2-23-16(21)10-3-6-12(7-4-10)19-15(20)13-8-5-11(18)9-14(13)24-17(19)22/h3-9H,2H2,1H3. The summed E-state index contributed by atoms with van der Waals surface area (Å²) in [5.41, 5.74) is 0.211. The molecule has 1 aromatic heterocycles. The Morgan fingerprint density at radius 2 is 1.88 bits per heavy atom. The zero-order chi connectivity index (χ0) is 17.3. The molecule has 0 N–H and O–H groups in total. The summed E-state index contributed by atoms with van der Waals surface area (Å²) in [6.07, 6.45) is 0. The maximum absolute atomic E-state index is 12.6. The van der Waals surface area contributed by atoms with Crippen LogP contribution in [0.15, 0.2) is 56.5 Å². The summed E-state index contributed by atoms with van der Waals surface area (Å²) in [7, 11) is 0. The number of aromatic nitrogens is 1. The van der Waals surface area contributed by atoms with Crippen LogP contribution in [0.1, 0.15) is 17.3 Å². The quantitative estimate of drug-likeness (QED) is 0.682. The van der Waals surface area contributed by atoms with Crippen LogP contribution in [-0.2, 0) is 4.74 Å². The Hall–Kier alpha value is -2.86. The first-order valence-electron chi connectivity index (χ1n) is 7.14. The van der Waals surface area contributed by atoms with Gasteiger partial charge in [0.2, 0.25) is 0 Å². The molecule has 0 saturated heterocycles. The number of esters is 1. The molecule has 24 heavy (non-hydrogen) atoms. The van der Waals surface area contributed by atoms with Crippen molar-refractivity contribution in [2.24, 2.45) is 0 Å². The Balaban J connectivity index is 2.13. The highest BCUT2D eigenvalue weighted by Gasteiger charge is 2.13. The molecule has 0 saturated carbocycles. The van der Waals surface area contributed by atoms with Crippen LogP contribution in [0, 0.1) is 0 Å². The Kier molecular flexibility index (Phi) is 4.22. The van der Waals surface area contributed by atoms with Crippen LogP contribution in [-0.4, -0.2) is 17.1 Å². The monoisotopic (exact) mass is 345 g/mol. The highest BCUT2D eigenvalue weighted by atomic mass is 35.5. The fraction of sp³-hybridized carbons (Fsp3) is 0.118. The van der Waals surface area contributed by atoms with Gasteiger partial charge in [-0.2, -0.15) is 0 Å². The van der Waals surface area contributed by atoms with Crippen molar-refractivity contribution in [3.63, 3.8) is 0 Å². The van der Waals surface area contributed by atoms with Gasteiger partial charge in [-0.05, 0) is 43.3 Å². The average molecular weight is 346 g/mol. The van der Waals surface area contributed by atoms with E-state index in [2.05, 4.69) is 0 Å². The normalized spacial score (nSPS) is 10.8. The number of nitrogens with zero attached hydrogens (tertiary/aromatic N) is 1. The number of hydrogen-bond donors (Lipinski definition) is 0. The predicted molar refractivity (Wildman–Crippen MR) is 89.0 cm³/mol. The minimum atomic E-state index is -0.835. The van der Waals surface area contributed by atoms with E-state index in [4.69, 9.17) is 20.8 Å². The smallest absolute Gasteiger partial charge is 0.426 e. The minimum Gasteiger partial charge on any atom is -0.462 e. The lowest BCUT2D eigenvalue weighted by molar-refractivity contribution is 0.0526. The van der Waals surface area contributed by atoms with E-state index < -0.39 is 17.3 Å².